The molecule has 0 spiro atoms. The zero-order valence-electron chi connectivity index (χ0n) is 16.6. The van der Waals surface area contributed by atoms with Crippen molar-refractivity contribution in [3.8, 4) is 22.8 Å². The van der Waals surface area contributed by atoms with Gasteiger partial charge in [-0.05, 0) is 79.3 Å². The minimum Gasteiger partial charge on any atom is -0.482 e. The summed E-state index contributed by atoms with van der Waals surface area (Å²) in [7, 11) is 0. The number of fused-ring (bicyclic) bond motifs is 1. The van der Waals surface area contributed by atoms with Crippen molar-refractivity contribution in [2.75, 3.05) is 13.2 Å². The Bertz CT molecular complexity index is 995. The highest BCUT2D eigenvalue weighted by Crippen LogP contribution is 2.33. The summed E-state index contributed by atoms with van der Waals surface area (Å²) in [4.78, 5) is 16.0. The number of rotatable bonds is 7. The van der Waals surface area contributed by atoms with Gasteiger partial charge >= 0.3 is 5.97 Å². The Hall–Kier alpha value is -3.08. The van der Waals surface area contributed by atoms with Gasteiger partial charge in [-0.1, -0.05) is 18.2 Å². The molecule has 1 fully saturated rings. The Morgan fingerprint density at radius 3 is 2.69 bits per heavy atom. The summed E-state index contributed by atoms with van der Waals surface area (Å²) < 4.78 is 16.6. The fourth-order valence-corrected chi connectivity index (χ4v) is 3.69. The SMILES string of the molecule is CCOC(=O)COc1ccc2cc(-c3cccnc3OC3CCCC3)ccc2c1. The average Bonchev–Trinajstić information content (AvgIpc) is 3.25. The van der Waals surface area contributed by atoms with Crippen molar-refractivity contribution in [1.29, 1.82) is 0 Å². The van der Waals surface area contributed by atoms with Crippen LogP contribution in [0.5, 0.6) is 11.6 Å². The van der Waals surface area contributed by atoms with E-state index in [-0.39, 0.29) is 18.7 Å². The van der Waals surface area contributed by atoms with Gasteiger partial charge in [0.25, 0.3) is 0 Å². The Kier molecular flexibility index (Phi) is 5.94. The first-order valence-corrected chi connectivity index (χ1v) is 10.2. The van der Waals surface area contributed by atoms with Crippen molar-refractivity contribution >= 4 is 16.7 Å². The molecule has 1 heterocycles. The Labute approximate surface area is 170 Å². The minimum absolute atomic E-state index is 0.0883. The minimum atomic E-state index is -0.366. The van der Waals surface area contributed by atoms with E-state index in [4.69, 9.17) is 14.2 Å². The lowest BCUT2D eigenvalue weighted by molar-refractivity contribution is -0.145. The molecule has 3 aromatic rings. The summed E-state index contributed by atoms with van der Waals surface area (Å²) in [5.74, 6) is 0.979. The van der Waals surface area contributed by atoms with Crippen molar-refractivity contribution in [1.82, 2.24) is 4.98 Å². The summed E-state index contributed by atoms with van der Waals surface area (Å²) in [5.41, 5.74) is 2.07. The van der Waals surface area contributed by atoms with E-state index in [9.17, 15) is 4.79 Å². The molecule has 0 radical (unpaired) electrons. The van der Waals surface area contributed by atoms with E-state index >= 15 is 0 Å². The average molecular weight is 391 g/mol. The molecule has 1 aliphatic carbocycles. The van der Waals surface area contributed by atoms with E-state index in [1.54, 1.807) is 13.1 Å². The molecule has 2 aromatic carbocycles. The van der Waals surface area contributed by atoms with E-state index < -0.39 is 0 Å². The number of ether oxygens (including phenoxy) is 3. The van der Waals surface area contributed by atoms with Crippen LogP contribution in [-0.4, -0.2) is 30.3 Å². The molecule has 0 bridgehead atoms. The molecular formula is C24H25NO4. The molecule has 4 rings (SSSR count). The van der Waals surface area contributed by atoms with Crippen molar-refractivity contribution in [3.05, 3.63) is 54.7 Å². The molecule has 5 heteroatoms. The van der Waals surface area contributed by atoms with Crippen LogP contribution in [0.15, 0.2) is 54.7 Å². The molecule has 1 saturated carbocycles. The molecule has 0 unspecified atom stereocenters. The van der Waals surface area contributed by atoms with Gasteiger partial charge in [-0.25, -0.2) is 9.78 Å². The number of carbonyl (C=O) groups excluding carboxylic acids is 1. The summed E-state index contributed by atoms with van der Waals surface area (Å²) in [6.45, 7) is 2.04. The fourth-order valence-electron chi connectivity index (χ4n) is 3.69. The molecule has 0 atom stereocenters. The van der Waals surface area contributed by atoms with E-state index in [2.05, 4.69) is 23.2 Å². The third-order valence-electron chi connectivity index (χ3n) is 5.14. The highest BCUT2D eigenvalue weighted by molar-refractivity contribution is 5.89. The second kappa shape index (κ2) is 8.95. The third kappa shape index (κ3) is 4.67. The van der Waals surface area contributed by atoms with Gasteiger partial charge in [0.05, 0.1) is 6.61 Å². The second-order valence-corrected chi connectivity index (χ2v) is 7.20. The lowest BCUT2D eigenvalue weighted by atomic mass is 10.0. The summed E-state index contributed by atoms with van der Waals surface area (Å²) >= 11 is 0. The summed E-state index contributed by atoms with van der Waals surface area (Å²) in [6.07, 6.45) is 6.70. The molecule has 150 valence electrons. The van der Waals surface area contributed by atoms with Crippen LogP contribution in [0.1, 0.15) is 32.6 Å². The maximum atomic E-state index is 11.5. The van der Waals surface area contributed by atoms with Crippen LogP contribution in [-0.2, 0) is 9.53 Å². The number of aromatic nitrogens is 1. The second-order valence-electron chi connectivity index (χ2n) is 7.20. The van der Waals surface area contributed by atoms with Gasteiger partial charge in [0, 0.05) is 11.8 Å². The maximum absolute atomic E-state index is 11.5. The lowest BCUT2D eigenvalue weighted by Crippen LogP contribution is -2.14. The smallest absolute Gasteiger partial charge is 0.344 e. The number of benzene rings is 2. The molecule has 0 amide bonds. The summed E-state index contributed by atoms with van der Waals surface area (Å²) in [5, 5.41) is 2.12. The number of hydrogen-bond donors (Lipinski definition) is 0. The molecule has 5 nitrogen and oxygen atoms in total. The van der Waals surface area contributed by atoms with Gasteiger partial charge < -0.3 is 14.2 Å². The number of pyridine rings is 1. The quantitative estimate of drug-likeness (QED) is 0.520. The summed E-state index contributed by atoms with van der Waals surface area (Å²) in [6, 6.07) is 16.0. The standard InChI is InChI=1S/C24H25NO4/c1-2-27-23(26)16-28-21-12-11-17-14-19(10-9-18(17)15-21)22-8-5-13-25-24(22)29-20-6-3-4-7-20/h5,8-15,20H,2-4,6-7,16H2,1H3. The zero-order chi connectivity index (χ0) is 20.1. The Morgan fingerprint density at radius 1 is 1.07 bits per heavy atom. The van der Waals surface area contributed by atoms with Crippen LogP contribution in [0.4, 0.5) is 0 Å². The van der Waals surface area contributed by atoms with Crippen molar-refractivity contribution in [3.63, 3.8) is 0 Å². The molecule has 1 aromatic heterocycles. The van der Waals surface area contributed by atoms with Crippen LogP contribution >= 0.6 is 0 Å². The number of esters is 1. The van der Waals surface area contributed by atoms with Crippen LogP contribution in [0.2, 0.25) is 0 Å². The molecule has 0 N–H and O–H groups in total. The first-order chi connectivity index (χ1) is 14.2. The molecule has 0 saturated heterocycles. The largest absolute Gasteiger partial charge is 0.482 e. The predicted octanol–water partition coefficient (Wildman–Crippen LogP) is 5.17. The van der Waals surface area contributed by atoms with Crippen LogP contribution in [0.25, 0.3) is 21.9 Å². The van der Waals surface area contributed by atoms with Crippen LogP contribution in [0, 0.1) is 0 Å². The van der Waals surface area contributed by atoms with Crippen molar-refractivity contribution in [2.24, 2.45) is 0 Å². The Balaban J connectivity index is 1.55. The first-order valence-electron chi connectivity index (χ1n) is 10.2. The highest BCUT2D eigenvalue weighted by Gasteiger charge is 2.19. The molecule has 29 heavy (non-hydrogen) atoms. The van der Waals surface area contributed by atoms with E-state index in [1.165, 1.54) is 12.8 Å². The monoisotopic (exact) mass is 391 g/mol. The van der Waals surface area contributed by atoms with E-state index in [0.717, 1.165) is 34.7 Å². The lowest BCUT2D eigenvalue weighted by Gasteiger charge is -2.15. The number of carbonyl (C=O) groups is 1. The van der Waals surface area contributed by atoms with Gasteiger partial charge in [-0.3, -0.25) is 0 Å². The van der Waals surface area contributed by atoms with E-state index in [1.807, 2.05) is 30.3 Å². The maximum Gasteiger partial charge on any atom is 0.344 e. The molecular weight excluding hydrogens is 366 g/mol. The van der Waals surface area contributed by atoms with Gasteiger partial charge in [0.1, 0.15) is 11.9 Å². The van der Waals surface area contributed by atoms with E-state index in [0.29, 0.717) is 18.2 Å². The van der Waals surface area contributed by atoms with Crippen molar-refractivity contribution < 1.29 is 19.0 Å². The van der Waals surface area contributed by atoms with Crippen LogP contribution < -0.4 is 9.47 Å². The van der Waals surface area contributed by atoms with Gasteiger partial charge in [-0.2, -0.15) is 0 Å². The third-order valence-corrected chi connectivity index (χ3v) is 5.14. The fraction of sp³-hybridized carbons (Fsp3) is 0.333. The van der Waals surface area contributed by atoms with Gasteiger partial charge in [-0.15, -0.1) is 0 Å². The van der Waals surface area contributed by atoms with Gasteiger partial charge in [0.2, 0.25) is 5.88 Å². The zero-order valence-corrected chi connectivity index (χ0v) is 16.6. The molecule has 1 aliphatic rings. The number of nitrogens with zero attached hydrogens (tertiary/aromatic N) is 1. The van der Waals surface area contributed by atoms with Crippen molar-refractivity contribution in [2.45, 2.75) is 38.7 Å². The normalized spacial score (nSPS) is 14.1. The number of hydrogen-bond acceptors (Lipinski definition) is 5. The first kappa shape index (κ1) is 19.2. The Morgan fingerprint density at radius 2 is 1.86 bits per heavy atom. The predicted molar refractivity (Wildman–Crippen MR) is 112 cm³/mol. The molecule has 0 aliphatic heterocycles. The highest BCUT2D eigenvalue weighted by atomic mass is 16.6. The van der Waals surface area contributed by atoms with Crippen LogP contribution in [0.3, 0.4) is 0 Å². The topological polar surface area (TPSA) is 57.7 Å². The van der Waals surface area contributed by atoms with Gasteiger partial charge in [0.15, 0.2) is 6.61 Å².